The molecule has 0 spiro atoms. The molecule has 1 aromatic carbocycles. The minimum Gasteiger partial charge on any atom is -0.383 e. The van der Waals surface area contributed by atoms with Crippen molar-refractivity contribution in [3.8, 4) is 0 Å². The number of amides is 1. The predicted molar refractivity (Wildman–Crippen MR) is 78.6 cm³/mol. The maximum Gasteiger partial charge on any atom is 0.305 e. The number of hydrogen-bond acceptors (Lipinski definition) is 5. The van der Waals surface area contributed by atoms with Gasteiger partial charge in [0.15, 0.2) is 0 Å². The Bertz CT molecular complexity index is 547. The van der Waals surface area contributed by atoms with Crippen LogP contribution in [-0.2, 0) is 4.74 Å². The second kappa shape index (κ2) is 6.53. The van der Waals surface area contributed by atoms with Crippen LogP contribution in [0.5, 0.6) is 0 Å². The highest BCUT2D eigenvalue weighted by Gasteiger charge is 2.32. The molecule has 1 unspecified atom stereocenters. The third-order valence-electron chi connectivity index (χ3n) is 3.68. The first-order valence-corrected chi connectivity index (χ1v) is 6.94. The highest BCUT2D eigenvalue weighted by atomic mass is 16.6. The van der Waals surface area contributed by atoms with E-state index in [1.165, 1.54) is 6.07 Å². The topological polar surface area (TPSA) is 84.7 Å². The lowest BCUT2D eigenvalue weighted by Crippen LogP contribution is -2.48. The molecule has 1 aromatic rings. The quantitative estimate of drug-likeness (QED) is 0.677. The number of carbonyl (C=O) groups excluding carboxylic acids is 1. The Balaban J connectivity index is 2.40. The standard InChI is InChI=1S/C14H19N3O4/c1-3-10-9-21-8-7-16(10)14(18)11-5-4-6-12(15-2)13(11)17(19)20/h4-6,10,15H,3,7-9H2,1-2H3. The molecule has 21 heavy (non-hydrogen) atoms. The Labute approximate surface area is 123 Å². The average Bonchev–Trinajstić information content (AvgIpc) is 2.53. The van der Waals surface area contributed by atoms with Gasteiger partial charge >= 0.3 is 5.69 Å². The maximum absolute atomic E-state index is 12.7. The van der Waals surface area contributed by atoms with Crippen molar-refractivity contribution < 1.29 is 14.5 Å². The smallest absolute Gasteiger partial charge is 0.305 e. The first kappa shape index (κ1) is 15.2. The van der Waals surface area contributed by atoms with Crippen LogP contribution in [-0.4, -0.2) is 48.6 Å². The molecule has 1 saturated heterocycles. The summed E-state index contributed by atoms with van der Waals surface area (Å²) in [6, 6.07) is 4.70. The summed E-state index contributed by atoms with van der Waals surface area (Å²) in [7, 11) is 1.60. The summed E-state index contributed by atoms with van der Waals surface area (Å²) in [5.74, 6) is -0.311. The van der Waals surface area contributed by atoms with Crippen LogP contribution in [0.1, 0.15) is 23.7 Å². The predicted octanol–water partition coefficient (Wildman–Crippen LogP) is 1.89. The molecule has 0 aliphatic carbocycles. The number of anilines is 1. The van der Waals surface area contributed by atoms with Gasteiger partial charge in [-0.05, 0) is 18.6 Å². The summed E-state index contributed by atoms with van der Waals surface area (Å²) in [6.45, 7) is 3.36. The number of nitrogens with one attached hydrogen (secondary N) is 1. The number of hydrogen-bond donors (Lipinski definition) is 1. The molecule has 1 aliphatic heterocycles. The second-order valence-corrected chi connectivity index (χ2v) is 4.84. The molecule has 2 rings (SSSR count). The van der Waals surface area contributed by atoms with E-state index >= 15 is 0 Å². The third-order valence-corrected chi connectivity index (χ3v) is 3.68. The van der Waals surface area contributed by atoms with E-state index in [0.29, 0.717) is 25.4 Å². The zero-order valence-corrected chi connectivity index (χ0v) is 12.2. The molecular formula is C14H19N3O4. The number of rotatable bonds is 4. The van der Waals surface area contributed by atoms with E-state index in [-0.39, 0.29) is 23.2 Å². The Morgan fingerprint density at radius 1 is 1.57 bits per heavy atom. The monoisotopic (exact) mass is 293 g/mol. The highest BCUT2D eigenvalue weighted by Crippen LogP contribution is 2.30. The number of benzene rings is 1. The van der Waals surface area contributed by atoms with Crippen molar-refractivity contribution in [3.05, 3.63) is 33.9 Å². The highest BCUT2D eigenvalue weighted by molar-refractivity contribution is 6.00. The van der Waals surface area contributed by atoms with E-state index < -0.39 is 4.92 Å². The van der Waals surface area contributed by atoms with Crippen molar-refractivity contribution in [2.24, 2.45) is 0 Å². The van der Waals surface area contributed by atoms with Gasteiger partial charge in [0.1, 0.15) is 11.3 Å². The van der Waals surface area contributed by atoms with Crippen LogP contribution in [0.25, 0.3) is 0 Å². The van der Waals surface area contributed by atoms with Gasteiger partial charge in [0, 0.05) is 13.6 Å². The van der Waals surface area contributed by atoms with Gasteiger partial charge in [0.2, 0.25) is 0 Å². The normalized spacial score (nSPS) is 18.4. The average molecular weight is 293 g/mol. The van der Waals surface area contributed by atoms with Crippen molar-refractivity contribution in [2.45, 2.75) is 19.4 Å². The fourth-order valence-corrected chi connectivity index (χ4v) is 2.53. The number of morpholine rings is 1. The molecule has 1 fully saturated rings. The molecule has 1 heterocycles. The van der Waals surface area contributed by atoms with Crippen LogP contribution < -0.4 is 5.32 Å². The second-order valence-electron chi connectivity index (χ2n) is 4.84. The number of ether oxygens (including phenoxy) is 1. The van der Waals surface area contributed by atoms with Gasteiger partial charge < -0.3 is 15.0 Å². The summed E-state index contributed by atoms with van der Waals surface area (Å²) in [5, 5.41) is 14.1. The summed E-state index contributed by atoms with van der Waals surface area (Å²) < 4.78 is 5.37. The van der Waals surface area contributed by atoms with Gasteiger partial charge in [-0.15, -0.1) is 0 Å². The lowest BCUT2D eigenvalue weighted by Gasteiger charge is -2.35. The molecular weight excluding hydrogens is 274 g/mol. The van der Waals surface area contributed by atoms with Crippen LogP contribution in [0.4, 0.5) is 11.4 Å². The van der Waals surface area contributed by atoms with Gasteiger partial charge in [-0.25, -0.2) is 0 Å². The number of carbonyl (C=O) groups is 1. The zero-order valence-electron chi connectivity index (χ0n) is 12.2. The van der Waals surface area contributed by atoms with Gasteiger partial charge in [-0.1, -0.05) is 13.0 Å². The van der Waals surface area contributed by atoms with Crippen molar-refractivity contribution >= 4 is 17.3 Å². The summed E-state index contributed by atoms with van der Waals surface area (Å²) in [6.07, 6.45) is 0.755. The maximum atomic E-state index is 12.7. The van der Waals surface area contributed by atoms with Crippen LogP contribution in [0, 0.1) is 10.1 Å². The molecule has 7 heteroatoms. The molecule has 0 bridgehead atoms. The molecule has 1 amide bonds. The molecule has 0 saturated carbocycles. The third kappa shape index (κ3) is 2.97. The fourth-order valence-electron chi connectivity index (χ4n) is 2.53. The van der Waals surface area contributed by atoms with Crippen LogP contribution in [0.2, 0.25) is 0 Å². The number of nitro groups is 1. The van der Waals surface area contributed by atoms with Crippen molar-refractivity contribution in [1.29, 1.82) is 0 Å². The van der Waals surface area contributed by atoms with Gasteiger partial charge in [0.05, 0.1) is 24.2 Å². The summed E-state index contributed by atoms with van der Waals surface area (Å²) >= 11 is 0. The number of para-hydroxylation sites is 1. The van der Waals surface area contributed by atoms with E-state index in [4.69, 9.17) is 4.74 Å². The Morgan fingerprint density at radius 3 is 2.95 bits per heavy atom. The first-order valence-electron chi connectivity index (χ1n) is 6.94. The zero-order chi connectivity index (χ0) is 15.4. The van der Waals surface area contributed by atoms with Crippen LogP contribution >= 0.6 is 0 Å². The molecule has 114 valence electrons. The molecule has 1 N–H and O–H groups in total. The van der Waals surface area contributed by atoms with E-state index in [1.807, 2.05) is 6.92 Å². The Hall–Kier alpha value is -2.15. The van der Waals surface area contributed by atoms with Gasteiger partial charge in [0.25, 0.3) is 5.91 Å². The fraction of sp³-hybridized carbons (Fsp3) is 0.500. The Morgan fingerprint density at radius 2 is 2.33 bits per heavy atom. The molecule has 1 atom stereocenters. The van der Waals surface area contributed by atoms with E-state index in [9.17, 15) is 14.9 Å². The number of nitrogens with zero attached hydrogens (tertiary/aromatic N) is 2. The molecule has 7 nitrogen and oxygen atoms in total. The minimum atomic E-state index is -0.513. The largest absolute Gasteiger partial charge is 0.383 e. The van der Waals surface area contributed by atoms with Gasteiger partial charge in [-0.3, -0.25) is 14.9 Å². The van der Waals surface area contributed by atoms with Crippen molar-refractivity contribution in [3.63, 3.8) is 0 Å². The summed E-state index contributed by atoms with van der Waals surface area (Å²) in [5.41, 5.74) is 0.283. The molecule has 0 radical (unpaired) electrons. The number of nitro benzene ring substituents is 1. The molecule has 0 aromatic heterocycles. The molecule has 1 aliphatic rings. The van der Waals surface area contributed by atoms with Gasteiger partial charge in [-0.2, -0.15) is 0 Å². The SMILES string of the molecule is CCC1COCCN1C(=O)c1cccc(NC)c1[N+](=O)[O-]. The van der Waals surface area contributed by atoms with E-state index in [0.717, 1.165) is 6.42 Å². The van der Waals surface area contributed by atoms with Crippen LogP contribution in [0.3, 0.4) is 0 Å². The van der Waals surface area contributed by atoms with E-state index in [2.05, 4.69) is 5.32 Å². The van der Waals surface area contributed by atoms with Crippen molar-refractivity contribution in [1.82, 2.24) is 4.90 Å². The lowest BCUT2D eigenvalue weighted by molar-refractivity contribution is -0.384. The van der Waals surface area contributed by atoms with E-state index in [1.54, 1.807) is 24.1 Å². The van der Waals surface area contributed by atoms with Crippen LogP contribution in [0.15, 0.2) is 18.2 Å². The summed E-state index contributed by atoms with van der Waals surface area (Å²) in [4.78, 5) is 25.2. The van der Waals surface area contributed by atoms with Crippen molar-refractivity contribution in [2.75, 3.05) is 32.1 Å². The Kier molecular flexibility index (Phi) is 4.74. The minimum absolute atomic E-state index is 0.0379. The lowest BCUT2D eigenvalue weighted by atomic mass is 10.1. The first-order chi connectivity index (χ1) is 10.1.